The summed E-state index contributed by atoms with van der Waals surface area (Å²) in [6, 6.07) is 11.1. The molecule has 4 nitrogen and oxygen atoms in total. The molecule has 1 saturated carbocycles. The van der Waals surface area contributed by atoms with Crippen LogP contribution in [0.2, 0.25) is 0 Å². The molecule has 1 aromatic heterocycles. The molecule has 1 fully saturated rings. The SMILES string of the molecule is CCC(C)C(c1ccccc1)c1nc(CNC2CC2)no1. The van der Waals surface area contributed by atoms with Gasteiger partial charge in [0.2, 0.25) is 5.89 Å². The smallest absolute Gasteiger partial charge is 0.234 e. The molecule has 3 rings (SSSR count). The minimum atomic E-state index is 0.179. The predicted molar refractivity (Wildman–Crippen MR) is 81.9 cm³/mol. The van der Waals surface area contributed by atoms with E-state index in [1.807, 2.05) is 6.07 Å². The highest BCUT2D eigenvalue weighted by atomic mass is 16.5. The molecular weight excluding hydrogens is 262 g/mol. The van der Waals surface area contributed by atoms with E-state index in [-0.39, 0.29) is 5.92 Å². The van der Waals surface area contributed by atoms with Crippen molar-refractivity contribution in [3.63, 3.8) is 0 Å². The summed E-state index contributed by atoms with van der Waals surface area (Å²) in [4.78, 5) is 4.62. The van der Waals surface area contributed by atoms with E-state index in [4.69, 9.17) is 4.52 Å². The van der Waals surface area contributed by atoms with Gasteiger partial charge in [-0.15, -0.1) is 0 Å². The number of hydrogen-bond donors (Lipinski definition) is 1. The van der Waals surface area contributed by atoms with Crippen molar-refractivity contribution >= 4 is 0 Å². The van der Waals surface area contributed by atoms with Gasteiger partial charge in [-0.05, 0) is 24.3 Å². The Labute approximate surface area is 126 Å². The topological polar surface area (TPSA) is 51.0 Å². The molecule has 2 unspecified atom stereocenters. The third-order valence-corrected chi connectivity index (χ3v) is 4.25. The van der Waals surface area contributed by atoms with E-state index < -0.39 is 0 Å². The average molecular weight is 285 g/mol. The fourth-order valence-corrected chi connectivity index (χ4v) is 2.60. The Hall–Kier alpha value is -1.68. The Morgan fingerprint density at radius 2 is 2.05 bits per heavy atom. The van der Waals surface area contributed by atoms with Gasteiger partial charge in [0.15, 0.2) is 5.82 Å². The van der Waals surface area contributed by atoms with Crippen LogP contribution in [0, 0.1) is 5.92 Å². The Morgan fingerprint density at radius 3 is 2.71 bits per heavy atom. The molecule has 0 radical (unpaired) electrons. The van der Waals surface area contributed by atoms with E-state index in [1.165, 1.54) is 18.4 Å². The van der Waals surface area contributed by atoms with Gasteiger partial charge in [0.05, 0.1) is 12.5 Å². The van der Waals surface area contributed by atoms with Crippen LogP contribution >= 0.6 is 0 Å². The molecule has 1 N–H and O–H groups in total. The maximum atomic E-state index is 5.56. The summed E-state index contributed by atoms with van der Waals surface area (Å²) >= 11 is 0. The fraction of sp³-hybridized carbons (Fsp3) is 0.529. The minimum absolute atomic E-state index is 0.179. The number of nitrogens with one attached hydrogen (secondary N) is 1. The van der Waals surface area contributed by atoms with Crippen molar-refractivity contribution in [2.75, 3.05) is 0 Å². The Balaban J connectivity index is 1.79. The van der Waals surface area contributed by atoms with Crippen molar-refractivity contribution in [3.05, 3.63) is 47.6 Å². The first-order valence-corrected chi connectivity index (χ1v) is 7.88. The maximum absolute atomic E-state index is 5.56. The molecule has 2 aromatic rings. The van der Waals surface area contributed by atoms with Gasteiger partial charge in [0.25, 0.3) is 0 Å². The zero-order valence-electron chi connectivity index (χ0n) is 12.7. The van der Waals surface area contributed by atoms with Gasteiger partial charge in [-0.3, -0.25) is 0 Å². The molecule has 1 aliphatic rings. The fourth-order valence-electron chi connectivity index (χ4n) is 2.60. The first kappa shape index (κ1) is 14.3. The highest BCUT2D eigenvalue weighted by Crippen LogP contribution is 2.32. The Bertz CT molecular complexity index is 562. The highest BCUT2D eigenvalue weighted by molar-refractivity contribution is 5.25. The van der Waals surface area contributed by atoms with Crippen molar-refractivity contribution in [2.24, 2.45) is 5.92 Å². The summed E-state index contributed by atoms with van der Waals surface area (Å²) in [7, 11) is 0. The van der Waals surface area contributed by atoms with Crippen LogP contribution in [0.5, 0.6) is 0 Å². The van der Waals surface area contributed by atoms with Crippen LogP contribution < -0.4 is 5.32 Å². The summed E-state index contributed by atoms with van der Waals surface area (Å²) in [5, 5.41) is 7.55. The Kier molecular flexibility index (Phi) is 4.34. The number of hydrogen-bond acceptors (Lipinski definition) is 4. The van der Waals surface area contributed by atoms with Crippen molar-refractivity contribution < 1.29 is 4.52 Å². The lowest BCUT2D eigenvalue weighted by Gasteiger charge is -2.19. The normalized spacial score (nSPS) is 17.6. The van der Waals surface area contributed by atoms with E-state index in [0.717, 1.165) is 18.1 Å². The van der Waals surface area contributed by atoms with Crippen LogP contribution in [0.4, 0.5) is 0 Å². The summed E-state index contributed by atoms with van der Waals surface area (Å²) in [5.74, 6) is 2.15. The molecule has 21 heavy (non-hydrogen) atoms. The van der Waals surface area contributed by atoms with Gasteiger partial charge in [0.1, 0.15) is 0 Å². The summed E-state index contributed by atoms with van der Waals surface area (Å²) in [6.07, 6.45) is 3.62. The average Bonchev–Trinajstić information content (AvgIpc) is 3.25. The molecule has 0 spiro atoms. The summed E-state index contributed by atoms with van der Waals surface area (Å²) in [5.41, 5.74) is 1.25. The van der Waals surface area contributed by atoms with Crippen LogP contribution in [0.15, 0.2) is 34.9 Å². The number of aromatic nitrogens is 2. The van der Waals surface area contributed by atoms with E-state index in [0.29, 0.717) is 18.5 Å². The zero-order valence-corrected chi connectivity index (χ0v) is 12.7. The second-order valence-electron chi connectivity index (χ2n) is 5.98. The van der Waals surface area contributed by atoms with E-state index in [2.05, 4.69) is 53.6 Å². The lowest BCUT2D eigenvalue weighted by atomic mass is 9.85. The third-order valence-electron chi connectivity index (χ3n) is 4.25. The highest BCUT2D eigenvalue weighted by Gasteiger charge is 2.26. The van der Waals surface area contributed by atoms with E-state index in [9.17, 15) is 0 Å². The van der Waals surface area contributed by atoms with Gasteiger partial charge < -0.3 is 9.84 Å². The van der Waals surface area contributed by atoms with E-state index in [1.54, 1.807) is 0 Å². The van der Waals surface area contributed by atoms with Crippen LogP contribution in [0.3, 0.4) is 0 Å². The first-order chi connectivity index (χ1) is 10.3. The lowest BCUT2D eigenvalue weighted by Crippen LogP contribution is -2.16. The van der Waals surface area contributed by atoms with Gasteiger partial charge in [-0.25, -0.2) is 0 Å². The van der Waals surface area contributed by atoms with Crippen molar-refractivity contribution in [1.82, 2.24) is 15.5 Å². The van der Waals surface area contributed by atoms with Crippen molar-refractivity contribution in [2.45, 2.75) is 51.6 Å². The van der Waals surface area contributed by atoms with Crippen molar-refractivity contribution in [3.8, 4) is 0 Å². The molecule has 0 aliphatic heterocycles. The van der Waals surface area contributed by atoms with Gasteiger partial charge in [0, 0.05) is 6.04 Å². The quantitative estimate of drug-likeness (QED) is 0.846. The summed E-state index contributed by atoms with van der Waals surface area (Å²) < 4.78 is 5.56. The van der Waals surface area contributed by atoms with Gasteiger partial charge >= 0.3 is 0 Å². The van der Waals surface area contributed by atoms with Gasteiger partial charge in [-0.2, -0.15) is 4.98 Å². The molecule has 2 atom stereocenters. The second-order valence-corrected chi connectivity index (χ2v) is 5.98. The molecular formula is C17H23N3O. The standard InChI is InChI=1S/C17H23N3O/c1-3-12(2)16(13-7-5-4-6-8-13)17-19-15(20-21-17)11-18-14-9-10-14/h4-8,12,14,16,18H,3,9-11H2,1-2H3. The van der Waals surface area contributed by atoms with E-state index >= 15 is 0 Å². The molecule has 4 heteroatoms. The van der Waals surface area contributed by atoms with Crippen LogP contribution in [-0.4, -0.2) is 16.2 Å². The van der Waals surface area contributed by atoms with Crippen molar-refractivity contribution in [1.29, 1.82) is 0 Å². The van der Waals surface area contributed by atoms with Crippen LogP contribution in [0.1, 0.15) is 56.3 Å². The predicted octanol–water partition coefficient (Wildman–Crippen LogP) is 3.50. The molecule has 1 aromatic carbocycles. The zero-order chi connectivity index (χ0) is 14.7. The minimum Gasteiger partial charge on any atom is -0.339 e. The number of benzene rings is 1. The molecule has 0 amide bonds. The molecule has 0 bridgehead atoms. The third kappa shape index (κ3) is 3.50. The second kappa shape index (κ2) is 6.39. The van der Waals surface area contributed by atoms with Crippen LogP contribution in [0.25, 0.3) is 0 Å². The molecule has 1 heterocycles. The largest absolute Gasteiger partial charge is 0.339 e. The van der Waals surface area contributed by atoms with Crippen LogP contribution in [-0.2, 0) is 6.54 Å². The first-order valence-electron chi connectivity index (χ1n) is 7.88. The monoisotopic (exact) mass is 285 g/mol. The lowest BCUT2D eigenvalue weighted by molar-refractivity contribution is 0.327. The molecule has 1 aliphatic carbocycles. The summed E-state index contributed by atoms with van der Waals surface area (Å²) in [6.45, 7) is 5.15. The maximum Gasteiger partial charge on any atom is 0.234 e. The number of rotatable bonds is 7. The molecule has 112 valence electrons. The Morgan fingerprint density at radius 1 is 1.29 bits per heavy atom. The molecule has 0 saturated heterocycles. The van der Waals surface area contributed by atoms with Gasteiger partial charge in [-0.1, -0.05) is 55.8 Å². The number of nitrogens with zero attached hydrogens (tertiary/aromatic N) is 2.